The second-order valence-corrected chi connectivity index (χ2v) is 6.70. The molecule has 3 aromatic rings. The van der Waals surface area contributed by atoms with Crippen molar-refractivity contribution in [3.05, 3.63) is 76.2 Å². The van der Waals surface area contributed by atoms with Gasteiger partial charge in [0.15, 0.2) is 5.69 Å². The van der Waals surface area contributed by atoms with E-state index >= 15 is 0 Å². The van der Waals surface area contributed by atoms with Crippen LogP contribution in [-0.2, 0) is 6.54 Å². The number of benzene rings is 2. The molecule has 0 aliphatic carbocycles. The van der Waals surface area contributed by atoms with Gasteiger partial charge in [0, 0.05) is 18.5 Å². The molecule has 0 atom stereocenters. The van der Waals surface area contributed by atoms with Crippen molar-refractivity contribution < 1.29 is 4.79 Å². The van der Waals surface area contributed by atoms with Crippen molar-refractivity contribution in [2.45, 2.75) is 25.8 Å². The van der Waals surface area contributed by atoms with Crippen molar-refractivity contribution in [1.29, 1.82) is 0 Å². The lowest BCUT2D eigenvalue weighted by molar-refractivity contribution is 0.0718. The van der Waals surface area contributed by atoms with E-state index in [4.69, 9.17) is 0 Å². The highest BCUT2D eigenvalue weighted by Gasteiger charge is 2.23. The van der Waals surface area contributed by atoms with E-state index in [2.05, 4.69) is 5.10 Å². The minimum atomic E-state index is -0.167. The molecule has 1 fully saturated rings. The zero-order chi connectivity index (χ0) is 17.9. The lowest BCUT2D eigenvalue weighted by Gasteiger charge is -2.26. The molecule has 0 radical (unpaired) electrons. The Labute approximate surface area is 151 Å². The quantitative estimate of drug-likeness (QED) is 0.732. The summed E-state index contributed by atoms with van der Waals surface area (Å²) in [5.41, 5.74) is 1.19. The highest BCUT2D eigenvalue weighted by atomic mass is 16.2. The number of likely N-dealkylation sites (tertiary alicyclic amines) is 1. The van der Waals surface area contributed by atoms with Gasteiger partial charge in [-0.25, -0.2) is 4.68 Å². The van der Waals surface area contributed by atoms with Gasteiger partial charge in [0.05, 0.1) is 11.9 Å². The maximum atomic E-state index is 13.1. The number of amides is 1. The lowest BCUT2D eigenvalue weighted by Crippen LogP contribution is -2.37. The second-order valence-electron chi connectivity index (χ2n) is 6.70. The summed E-state index contributed by atoms with van der Waals surface area (Å²) in [7, 11) is 0. The van der Waals surface area contributed by atoms with E-state index in [1.165, 1.54) is 4.68 Å². The molecule has 2 heterocycles. The fourth-order valence-corrected chi connectivity index (χ4v) is 3.50. The number of aromatic nitrogens is 2. The Morgan fingerprint density at radius 3 is 2.27 bits per heavy atom. The van der Waals surface area contributed by atoms with Crippen molar-refractivity contribution in [2.24, 2.45) is 0 Å². The smallest absolute Gasteiger partial charge is 0.274 e. The Bertz CT molecular complexity index is 989. The molecule has 0 spiro atoms. The maximum absolute atomic E-state index is 13.1. The third kappa shape index (κ3) is 3.12. The van der Waals surface area contributed by atoms with Crippen molar-refractivity contribution in [3.63, 3.8) is 0 Å². The summed E-state index contributed by atoms with van der Waals surface area (Å²) in [5, 5.41) is 5.66. The van der Waals surface area contributed by atoms with Gasteiger partial charge < -0.3 is 4.90 Å². The SMILES string of the molecule is O=C(c1nn(Cc2ccccc2)c(=O)c2ccccc12)N1CCCCC1. The molecular formula is C21H21N3O2. The second kappa shape index (κ2) is 7.12. The first kappa shape index (κ1) is 16.5. The molecule has 1 aliphatic heterocycles. The van der Waals surface area contributed by atoms with Crippen LogP contribution in [0.4, 0.5) is 0 Å². The normalized spacial score (nSPS) is 14.5. The molecule has 0 bridgehead atoms. The van der Waals surface area contributed by atoms with Crippen LogP contribution in [0.25, 0.3) is 10.8 Å². The van der Waals surface area contributed by atoms with Crippen LogP contribution in [0.3, 0.4) is 0 Å². The molecular weight excluding hydrogens is 326 g/mol. The summed E-state index contributed by atoms with van der Waals surface area (Å²) < 4.78 is 1.41. The van der Waals surface area contributed by atoms with Gasteiger partial charge in [-0.05, 0) is 30.9 Å². The molecule has 4 rings (SSSR count). The number of hydrogen-bond donors (Lipinski definition) is 0. The van der Waals surface area contributed by atoms with Crippen molar-refractivity contribution in [3.8, 4) is 0 Å². The summed E-state index contributed by atoms with van der Waals surface area (Å²) in [6.07, 6.45) is 3.20. The van der Waals surface area contributed by atoms with E-state index in [1.54, 1.807) is 6.07 Å². The van der Waals surface area contributed by atoms with E-state index < -0.39 is 0 Å². The van der Waals surface area contributed by atoms with Gasteiger partial charge in [-0.15, -0.1) is 0 Å². The van der Waals surface area contributed by atoms with Crippen LogP contribution in [0.5, 0.6) is 0 Å². The summed E-state index contributed by atoms with van der Waals surface area (Å²) in [5.74, 6) is -0.0808. The van der Waals surface area contributed by atoms with E-state index in [9.17, 15) is 9.59 Å². The molecule has 5 heteroatoms. The highest BCUT2D eigenvalue weighted by Crippen LogP contribution is 2.18. The van der Waals surface area contributed by atoms with Crippen LogP contribution < -0.4 is 5.56 Å². The Morgan fingerprint density at radius 2 is 1.54 bits per heavy atom. The minimum Gasteiger partial charge on any atom is -0.337 e. The van der Waals surface area contributed by atoms with Crippen LogP contribution in [0.15, 0.2) is 59.4 Å². The largest absolute Gasteiger partial charge is 0.337 e. The van der Waals surface area contributed by atoms with Gasteiger partial charge in [-0.1, -0.05) is 48.5 Å². The Balaban J connectivity index is 1.82. The van der Waals surface area contributed by atoms with Crippen LogP contribution in [0.1, 0.15) is 35.3 Å². The number of fused-ring (bicyclic) bond motifs is 1. The minimum absolute atomic E-state index is 0.0808. The number of hydrogen-bond acceptors (Lipinski definition) is 3. The molecule has 1 saturated heterocycles. The first-order valence-corrected chi connectivity index (χ1v) is 9.07. The molecule has 5 nitrogen and oxygen atoms in total. The van der Waals surface area contributed by atoms with Gasteiger partial charge in [0.25, 0.3) is 11.5 Å². The van der Waals surface area contributed by atoms with Gasteiger partial charge in [0.2, 0.25) is 0 Å². The lowest BCUT2D eigenvalue weighted by atomic mass is 10.1. The van der Waals surface area contributed by atoms with Crippen LogP contribution >= 0.6 is 0 Å². The third-order valence-electron chi connectivity index (χ3n) is 4.89. The predicted octanol–water partition coefficient (Wildman–Crippen LogP) is 3.07. The average molecular weight is 347 g/mol. The summed E-state index contributed by atoms with van der Waals surface area (Å²) >= 11 is 0. The number of rotatable bonds is 3. The van der Waals surface area contributed by atoms with Crippen molar-refractivity contribution in [2.75, 3.05) is 13.1 Å². The van der Waals surface area contributed by atoms with E-state index in [1.807, 2.05) is 53.4 Å². The number of carbonyl (C=O) groups excluding carboxylic acids is 1. The van der Waals surface area contributed by atoms with E-state index in [0.717, 1.165) is 37.9 Å². The topological polar surface area (TPSA) is 55.2 Å². The van der Waals surface area contributed by atoms with Crippen LogP contribution in [0.2, 0.25) is 0 Å². The van der Waals surface area contributed by atoms with E-state index in [-0.39, 0.29) is 11.5 Å². The third-order valence-corrected chi connectivity index (χ3v) is 4.89. The Morgan fingerprint density at radius 1 is 0.885 bits per heavy atom. The predicted molar refractivity (Wildman–Crippen MR) is 101 cm³/mol. The summed E-state index contributed by atoms with van der Waals surface area (Å²) in [4.78, 5) is 27.8. The number of nitrogens with zero attached hydrogens (tertiary/aromatic N) is 3. The molecule has 26 heavy (non-hydrogen) atoms. The molecule has 0 N–H and O–H groups in total. The zero-order valence-corrected chi connectivity index (χ0v) is 14.6. The van der Waals surface area contributed by atoms with Gasteiger partial charge in [-0.2, -0.15) is 5.10 Å². The monoisotopic (exact) mass is 347 g/mol. The average Bonchev–Trinajstić information content (AvgIpc) is 2.71. The molecule has 1 aliphatic rings. The maximum Gasteiger partial charge on any atom is 0.274 e. The van der Waals surface area contributed by atoms with Gasteiger partial charge in [0.1, 0.15) is 0 Å². The number of piperidine rings is 1. The Hall–Kier alpha value is -2.95. The van der Waals surface area contributed by atoms with Crippen molar-refractivity contribution in [1.82, 2.24) is 14.7 Å². The summed E-state index contributed by atoms with van der Waals surface area (Å²) in [6.45, 7) is 1.87. The summed E-state index contributed by atoms with van der Waals surface area (Å²) in [6, 6.07) is 17.0. The molecule has 0 saturated carbocycles. The highest BCUT2D eigenvalue weighted by molar-refractivity contribution is 6.04. The molecule has 132 valence electrons. The Kier molecular flexibility index (Phi) is 4.52. The van der Waals surface area contributed by atoms with Crippen molar-refractivity contribution >= 4 is 16.7 Å². The molecule has 1 amide bonds. The first-order chi connectivity index (χ1) is 12.7. The number of carbonyl (C=O) groups is 1. The fourth-order valence-electron chi connectivity index (χ4n) is 3.50. The zero-order valence-electron chi connectivity index (χ0n) is 14.6. The van der Waals surface area contributed by atoms with E-state index in [0.29, 0.717) is 23.0 Å². The van der Waals surface area contributed by atoms with Gasteiger partial charge in [-0.3, -0.25) is 9.59 Å². The molecule has 2 aromatic carbocycles. The van der Waals surface area contributed by atoms with Crippen LogP contribution in [-0.4, -0.2) is 33.7 Å². The van der Waals surface area contributed by atoms with Crippen LogP contribution in [0, 0.1) is 0 Å². The molecule has 0 unspecified atom stereocenters. The standard InChI is InChI=1S/C21H21N3O2/c25-20-18-12-6-5-11-17(18)19(21(26)23-13-7-2-8-14-23)22-24(20)15-16-9-3-1-4-10-16/h1,3-6,9-12H,2,7-8,13-15H2. The molecule has 1 aromatic heterocycles. The van der Waals surface area contributed by atoms with Gasteiger partial charge >= 0.3 is 0 Å². The first-order valence-electron chi connectivity index (χ1n) is 9.07. The fraction of sp³-hybridized carbons (Fsp3) is 0.286.